The van der Waals surface area contributed by atoms with Gasteiger partial charge in [-0.1, -0.05) is 25.4 Å². The quantitative estimate of drug-likeness (QED) is 0.752. The van der Waals surface area contributed by atoms with Gasteiger partial charge in [0.25, 0.3) is 0 Å². The molecule has 0 saturated carbocycles. The van der Waals surface area contributed by atoms with Crippen molar-refractivity contribution in [3.8, 4) is 5.88 Å². The van der Waals surface area contributed by atoms with Crippen molar-refractivity contribution in [2.24, 2.45) is 5.92 Å². The number of halogens is 1. The molecule has 0 amide bonds. The van der Waals surface area contributed by atoms with Crippen LogP contribution in [-0.4, -0.2) is 16.3 Å². The molecule has 0 saturated heterocycles. The van der Waals surface area contributed by atoms with Gasteiger partial charge in [0.1, 0.15) is 0 Å². The van der Waals surface area contributed by atoms with Gasteiger partial charge in [-0.3, -0.25) is 0 Å². The largest absolute Gasteiger partial charge is 0.473 e. The van der Waals surface area contributed by atoms with Crippen molar-refractivity contribution in [1.29, 1.82) is 0 Å². The smallest absolute Gasteiger partial charge is 0.233 e. The van der Waals surface area contributed by atoms with E-state index in [1.165, 1.54) is 0 Å². The molecule has 1 aromatic rings. The maximum absolute atomic E-state index is 5.58. The summed E-state index contributed by atoms with van der Waals surface area (Å²) in [6.07, 6.45) is 0.135. The van der Waals surface area contributed by atoms with Crippen molar-refractivity contribution in [1.82, 2.24) is 10.2 Å². The zero-order valence-electron chi connectivity index (χ0n) is 7.99. The topological polar surface area (TPSA) is 35.0 Å². The van der Waals surface area contributed by atoms with E-state index in [0.717, 1.165) is 0 Å². The van der Waals surface area contributed by atoms with Gasteiger partial charge in [-0.25, -0.2) is 0 Å². The maximum atomic E-state index is 5.58. The summed E-state index contributed by atoms with van der Waals surface area (Å²) in [7, 11) is 0. The van der Waals surface area contributed by atoms with Crippen LogP contribution in [0.3, 0.4) is 0 Å². The Kier molecular flexibility index (Phi) is 3.48. The number of hydrogen-bond acceptors (Lipinski definition) is 3. The predicted octanol–water partition coefficient (Wildman–Crippen LogP) is 2.55. The Morgan fingerprint density at radius 1 is 1.23 bits per heavy atom. The molecule has 0 aliphatic heterocycles. The van der Waals surface area contributed by atoms with Gasteiger partial charge in [-0.2, -0.15) is 0 Å². The highest BCUT2D eigenvalue weighted by Gasteiger charge is 2.09. The molecule has 0 aromatic carbocycles. The molecular weight excluding hydrogens is 188 g/mol. The van der Waals surface area contributed by atoms with Crippen LogP contribution >= 0.6 is 11.6 Å². The summed E-state index contributed by atoms with van der Waals surface area (Å²) < 4.78 is 5.50. The van der Waals surface area contributed by atoms with Gasteiger partial charge < -0.3 is 4.74 Å². The lowest BCUT2D eigenvalue weighted by molar-refractivity contribution is 0.161. The van der Waals surface area contributed by atoms with Gasteiger partial charge >= 0.3 is 0 Å². The van der Waals surface area contributed by atoms with Crippen LogP contribution in [0, 0.1) is 5.92 Å². The minimum atomic E-state index is 0.135. The summed E-state index contributed by atoms with van der Waals surface area (Å²) in [5, 5.41) is 7.86. The fraction of sp³-hybridized carbons (Fsp3) is 0.556. The van der Waals surface area contributed by atoms with Crippen molar-refractivity contribution in [2.75, 3.05) is 0 Å². The van der Waals surface area contributed by atoms with Crippen LogP contribution in [0.25, 0.3) is 0 Å². The van der Waals surface area contributed by atoms with E-state index in [0.29, 0.717) is 17.0 Å². The van der Waals surface area contributed by atoms with E-state index < -0.39 is 0 Å². The van der Waals surface area contributed by atoms with E-state index in [-0.39, 0.29) is 6.10 Å². The highest BCUT2D eigenvalue weighted by Crippen LogP contribution is 2.13. The molecule has 0 bridgehead atoms. The molecule has 1 rings (SSSR count). The van der Waals surface area contributed by atoms with Gasteiger partial charge in [0.05, 0.1) is 6.10 Å². The normalized spacial score (nSPS) is 13.0. The van der Waals surface area contributed by atoms with E-state index in [1.807, 2.05) is 6.92 Å². The molecule has 72 valence electrons. The molecule has 0 fully saturated rings. The predicted molar refractivity (Wildman–Crippen MR) is 52.0 cm³/mol. The molecular formula is C9H13ClN2O. The van der Waals surface area contributed by atoms with E-state index in [2.05, 4.69) is 24.0 Å². The average Bonchev–Trinajstić information content (AvgIpc) is 2.08. The molecule has 3 nitrogen and oxygen atoms in total. The molecule has 0 aliphatic rings. The Morgan fingerprint density at radius 3 is 2.38 bits per heavy atom. The van der Waals surface area contributed by atoms with Crippen LogP contribution in [-0.2, 0) is 0 Å². The zero-order valence-corrected chi connectivity index (χ0v) is 8.75. The zero-order chi connectivity index (χ0) is 9.84. The lowest BCUT2D eigenvalue weighted by Crippen LogP contribution is -2.19. The third kappa shape index (κ3) is 3.19. The van der Waals surface area contributed by atoms with Gasteiger partial charge in [0.2, 0.25) is 5.88 Å². The molecule has 1 heterocycles. The molecule has 0 N–H and O–H groups in total. The van der Waals surface area contributed by atoms with Crippen LogP contribution in [0.2, 0.25) is 5.15 Å². The highest BCUT2D eigenvalue weighted by molar-refractivity contribution is 6.29. The second-order valence-electron chi connectivity index (χ2n) is 3.26. The lowest BCUT2D eigenvalue weighted by Gasteiger charge is -2.16. The third-order valence-corrected chi connectivity index (χ3v) is 2.05. The van der Waals surface area contributed by atoms with Crippen molar-refractivity contribution in [3.63, 3.8) is 0 Å². The molecule has 0 radical (unpaired) electrons. The Bertz CT molecular complexity index is 261. The average molecular weight is 201 g/mol. The molecule has 1 aromatic heterocycles. The van der Waals surface area contributed by atoms with Gasteiger partial charge in [0, 0.05) is 6.07 Å². The van der Waals surface area contributed by atoms with Gasteiger partial charge in [-0.15, -0.1) is 10.2 Å². The molecule has 1 unspecified atom stereocenters. The van der Waals surface area contributed by atoms with Gasteiger partial charge in [-0.05, 0) is 18.9 Å². The van der Waals surface area contributed by atoms with Crippen LogP contribution in [0.4, 0.5) is 0 Å². The summed E-state index contributed by atoms with van der Waals surface area (Å²) in [6.45, 7) is 6.18. The Labute approximate surface area is 83.1 Å². The monoisotopic (exact) mass is 200 g/mol. The first kappa shape index (κ1) is 10.3. The number of rotatable bonds is 3. The van der Waals surface area contributed by atoms with E-state index in [4.69, 9.17) is 16.3 Å². The molecule has 4 heteroatoms. The van der Waals surface area contributed by atoms with Crippen molar-refractivity contribution < 1.29 is 4.74 Å². The third-order valence-electron chi connectivity index (χ3n) is 1.85. The molecule has 13 heavy (non-hydrogen) atoms. The van der Waals surface area contributed by atoms with E-state index in [9.17, 15) is 0 Å². The Balaban J connectivity index is 2.59. The fourth-order valence-electron chi connectivity index (χ4n) is 0.693. The SMILES string of the molecule is CC(C)C(C)Oc1ccc(Cl)nn1. The number of nitrogens with zero attached hydrogens (tertiary/aromatic N) is 2. The van der Waals surface area contributed by atoms with Crippen LogP contribution < -0.4 is 4.74 Å². The summed E-state index contributed by atoms with van der Waals surface area (Å²) >= 11 is 5.58. The minimum absolute atomic E-state index is 0.135. The molecule has 0 spiro atoms. The summed E-state index contributed by atoms with van der Waals surface area (Å²) in [5.41, 5.74) is 0. The Hall–Kier alpha value is -0.830. The van der Waals surface area contributed by atoms with Crippen LogP contribution in [0.5, 0.6) is 5.88 Å². The first-order valence-corrected chi connectivity index (χ1v) is 4.63. The van der Waals surface area contributed by atoms with Crippen molar-refractivity contribution in [3.05, 3.63) is 17.3 Å². The lowest BCUT2D eigenvalue weighted by atomic mass is 10.1. The minimum Gasteiger partial charge on any atom is -0.473 e. The van der Waals surface area contributed by atoms with E-state index >= 15 is 0 Å². The van der Waals surface area contributed by atoms with Crippen molar-refractivity contribution >= 4 is 11.6 Å². The first-order chi connectivity index (χ1) is 6.09. The summed E-state index contributed by atoms with van der Waals surface area (Å²) in [6, 6.07) is 3.38. The number of aromatic nitrogens is 2. The van der Waals surface area contributed by atoms with E-state index in [1.54, 1.807) is 12.1 Å². The molecule has 0 aliphatic carbocycles. The summed E-state index contributed by atoms with van der Waals surface area (Å²) in [4.78, 5) is 0. The second-order valence-corrected chi connectivity index (χ2v) is 3.65. The van der Waals surface area contributed by atoms with Crippen LogP contribution in [0.15, 0.2) is 12.1 Å². The second kappa shape index (κ2) is 4.42. The number of ether oxygens (including phenoxy) is 1. The maximum Gasteiger partial charge on any atom is 0.233 e. The molecule has 1 atom stereocenters. The van der Waals surface area contributed by atoms with Crippen LogP contribution in [0.1, 0.15) is 20.8 Å². The number of hydrogen-bond donors (Lipinski definition) is 0. The van der Waals surface area contributed by atoms with Crippen molar-refractivity contribution in [2.45, 2.75) is 26.9 Å². The standard InChI is InChI=1S/C9H13ClN2O/c1-6(2)7(3)13-9-5-4-8(10)11-12-9/h4-7H,1-3H3. The Morgan fingerprint density at radius 2 is 1.92 bits per heavy atom. The summed E-state index contributed by atoms with van der Waals surface area (Å²) in [5.74, 6) is 0.975. The van der Waals surface area contributed by atoms with Gasteiger partial charge in [0.15, 0.2) is 5.15 Å². The first-order valence-electron chi connectivity index (χ1n) is 4.25. The highest BCUT2D eigenvalue weighted by atomic mass is 35.5. The fourth-order valence-corrected chi connectivity index (χ4v) is 0.794.